The number of fused-ring (bicyclic) bond motifs is 2. The van der Waals surface area contributed by atoms with E-state index in [4.69, 9.17) is 31.8 Å². The lowest BCUT2D eigenvalue weighted by Crippen LogP contribution is -2.34. The Morgan fingerprint density at radius 1 is 1.38 bits per heavy atom. The fraction of sp³-hybridized carbons (Fsp3) is 0.458. The van der Waals surface area contributed by atoms with Crippen molar-refractivity contribution >= 4 is 28.8 Å². The van der Waals surface area contributed by atoms with Gasteiger partial charge in [-0.25, -0.2) is 14.4 Å². The molecule has 0 spiro atoms. The van der Waals surface area contributed by atoms with Crippen LogP contribution in [0.5, 0.6) is 5.75 Å². The topological polar surface area (TPSA) is 104 Å². The smallest absolute Gasteiger partial charge is 0.258 e. The molecule has 1 saturated heterocycles. The van der Waals surface area contributed by atoms with Gasteiger partial charge in [-0.2, -0.15) is 0 Å². The van der Waals surface area contributed by atoms with Crippen molar-refractivity contribution in [2.45, 2.75) is 45.1 Å². The van der Waals surface area contributed by atoms with Crippen LogP contribution in [-0.4, -0.2) is 46.1 Å². The molecule has 2 atom stereocenters. The third kappa shape index (κ3) is 3.96. The number of nitrogen functional groups attached to an aromatic ring is 1. The normalized spacial score (nSPS) is 20.7. The Hall–Kier alpha value is -2.91. The van der Waals surface area contributed by atoms with E-state index in [0.717, 1.165) is 24.1 Å². The van der Waals surface area contributed by atoms with Gasteiger partial charge < -0.3 is 20.5 Å². The number of anilines is 1. The number of nitrogens with two attached hydrogens (primary N) is 1. The highest BCUT2D eigenvalue weighted by Crippen LogP contribution is 2.45. The van der Waals surface area contributed by atoms with Gasteiger partial charge in [0.2, 0.25) is 0 Å². The number of aromatic nitrogens is 3. The Morgan fingerprint density at radius 2 is 2.15 bits per heavy atom. The number of nitrogens with zero attached hydrogens (tertiary/aromatic N) is 3. The van der Waals surface area contributed by atoms with E-state index >= 15 is 4.39 Å². The number of nitrogens with one attached hydrogen (secondary N) is 1. The second-order valence-electron chi connectivity index (χ2n) is 9.03. The van der Waals surface area contributed by atoms with Crippen LogP contribution in [-0.2, 0) is 4.74 Å². The number of halogens is 2. The number of aryl methyl sites for hydroxylation is 1. The average Bonchev–Trinajstić information content (AvgIpc) is 3.16. The van der Waals surface area contributed by atoms with E-state index in [2.05, 4.69) is 10.3 Å². The highest BCUT2D eigenvalue weighted by molar-refractivity contribution is 6.31. The molecule has 8 nitrogen and oxygen atoms in total. The third-order valence-corrected chi connectivity index (χ3v) is 6.95. The zero-order chi connectivity index (χ0) is 24.0. The number of carbonyl (C=O) groups is 1. The maximum atomic E-state index is 15.2. The molecule has 0 bridgehead atoms. The van der Waals surface area contributed by atoms with Crippen LogP contribution in [0.1, 0.15) is 59.5 Å². The molecule has 1 fully saturated rings. The summed E-state index contributed by atoms with van der Waals surface area (Å²) in [6, 6.07) is 1.54. The highest BCUT2D eigenvalue weighted by atomic mass is 35.5. The van der Waals surface area contributed by atoms with E-state index in [9.17, 15) is 4.79 Å². The lowest BCUT2D eigenvalue weighted by Gasteiger charge is -2.32. The van der Waals surface area contributed by atoms with E-state index < -0.39 is 11.7 Å². The summed E-state index contributed by atoms with van der Waals surface area (Å²) >= 11 is 6.30. The summed E-state index contributed by atoms with van der Waals surface area (Å²) in [5.74, 6) is 0.0114. The van der Waals surface area contributed by atoms with Gasteiger partial charge in [0.15, 0.2) is 5.82 Å². The van der Waals surface area contributed by atoms with Crippen LogP contribution < -0.4 is 15.8 Å². The largest absolute Gasteiger partial charge is 0.489 e. The second kappa shape index (κ2) is 9.03. The van der Waals surface area contributed by atoms with Crippen LogP contribution in [0.25, 0.3) is 5.52 Å². The van der Waals surface area contributed by atoms with Crippen molar-refractivity contribution < 1.29 is 18.7 Å². The molecule has 1 amide bonds. The summed E-state index contributed by atoms with van der Waals surface area (Å²) in [5.41, 5.74) is 8.02. The Labute approximate surface area is 201 Å². The van der Waals surface area contributed by atoms with Gasteiger partial charge in [-0.3, -0.25) is 9.20 Å². The molecule has 3 N–H and O–H groups in total. The van der Waals surface area contributed by atoms with Crippen molar-refractivity contribution in [3.05, 3.63) is 51.9 Å². The molecule has 34 heavy (non-hydrogen) atoms. The van der Waals surface area contributed by atoms with Gasteiger partial charge in [0.1, 0.15) is 28.5 Å². The van der Waals surface area contributed by atoms with Gasteiger partial charge in [0.05, 0.1) is 16.8 Å². The number of benzene rings is 1. The molecule has 0 radical (unpaired) electrons. The van der Waals surface area contributed by atoms with E-state index in [0.29, 0.717) is 49.3 Å². The van der Waals surface area contributed by atoms with Gasteiger partial charge in [0.25, 0.3) is 5.91 Å². The number of ether oxygens (including phenoxy) is 2. The first kappa shape index (κ1) is 22.9. The Kier molecular flexibility index (Phi) is 6.07. The van der Waals surface area contributed by atoms with Crippen LogP contribution in [0.15, 0.2) is 18.5 Å². The monoisotopic (exact) mass is 487 g/mol. The number of rotatable bonds is 4. The van der Waals surface area contributed by atoms with Gasteiger partial charge in [0, 0.05) is 43.6 Å². The first-order chi connectivity index (χ1) is 16.3. The van der Waals surface area contributed by atoms with Crippen LogP contribution >= 0.6 is 11.6 Å². The van der Waals surface area contributed by atoms with Crippen molar-refractivity contribution in [1.29, 1.82) is 0 Å². The maximum Gasteiger partial charge on any atom is 0.258 e. The fourth-order valence-electron chi connectivity index (χ4n) is 4.96. The van der Waals surface area contributed by atoms with Crippen molar-refractivity contribution in [3.63, 3.8) is 0 Å². The van der Waals surface area contributed by atoms with Crippen LogP contribution in [0.3, 0.4) is 0 Å². The standard InChI is InChI=1S/C24H27ClFN5O3/c1-12-9-16(23-30-13(2)20-22(27)28-5-6-31(20)23)15-10-17(25)19(26)18(21(15)34-12)24(32)29-11-14-3-7-33-8-4-14/h5-6,10,12,14,16H,3-4,7-9,11H2,1-2H3,(H2,27,28)(H,29,32)/t12?,16-/m0/s1. The molecular formula is C24H27ClFN5O3. The minimum atomic E-state index is -0.782. The number of carbonyl (C=O) groups excluding carboxylic acids is 1. The van der Waals surface area contributed by atoms with Gasteiger partial charge in [-0.15, -0.1) is 0 Å². The summed E-state index contributed by atoms with van der Waals surface area (Å²) in [4.78, 5) is 22.1. The van der Waals surface area contributed by atoms with Gasteiger partial charge in [-0.1, -0.05) is 11.6 Å². The van der Waals surface area contributed by atoms with E-state index in [1.807, 2.05) is 18.2 Å². The molecular weight excluding hydrogens is 461 g/mol. The lowest BCUT2D eigenvalue weighted by molar-refractivity contribution is 0.0640. The predicted octanol–water partition coefficient (Wildman–Crippen LogP) is 3.87. The summed E-state index contributed by atoms with van der Waals surface area (Å²) in [7, 11) is 0. The SMILES string of the molecule is Cc1nc([C@H]2CC(C)Oc3c2cc(Cl)c(F)c3C(=O)NCC2CCOCC2)n2ccnc(N)c12. The minimum absolute atomic E-state index is 0.128. The fourth-order valence-corrected chi connectivity index (χ4v) is 5.17. The molecule has 0 saturated carbocycles. The van der Waals surface area contributed by atoms with Crippen molar-refractivity contribution in [2.24, 2.45) is 5.92 Å². The third-order valence-electron chi connectivity index (χ3n) is 6.68. The minimum Gasteiger partial charge on any atom is -0.489 e. The zero-order valence-electron chi connectivity index (χ0n) is 19.1. The molecule has 3 aromatic rings. The molecule has 180 valence electrons. The average molecular weight is 488 g/mol. The van der Waals surface area contributed by atoms with Crippen LogP contribution in [0.4, 0.5) is 10.2 Å². The van der Waals surface area contributed by atoms with Crippen molar-refractivity contribution in [2.75, 3.05) is 25.5 Å². The molecule has 2 aliphatic rings. The number of imidazole rings is 1. The van der Waals surface area contributed by atoms with E-state index in [1.165, 1.54) is 0 Å². The summed E-state index contributed by atoms with van der Waals surface area (Å²) in [6.45, 7) is 5.54. The van der Waals surface area contributed by atoms with Gasteiger partial charge >= 0.3 is 0 Å². The number of amides is 1. The predicted molar refractivity (Wildman–Crippen MR) is 126 cm³/mol. The summed E-state index contributed by atoms with van der Waals surface area (Å²) < 4.78 is 28.6. The molecule has 1 aromatic carbocycles. The number of hydrogen-bond acceptors (Lipinski definition) is 6. The first-order valence-electron chi connectivity index (χ1n) is 11.5. The lowest BCUT2D eigenvalue weighted by atomic mass is 9.87. The Morgan fingerprint density at radius 3 is 2.91 bits per heavy atom. The molecule has 0 aliphatic carbocycles. The zero-order valence-corrected chi connectivity index (χ0v) is 19.9. The first-order valence-corrected chi connectivity index (χ1v) is 11.9. The van der Waals surface area contributed by atoms with Crippen molar-refractivity contribution in [3.8, 4) is 5.75 Å². The van der Waals surface area contributed by atoms with Crippen molar-refractivity contribution in [1.82, 2.24) is 19.7 Å². The molecule has 10 heteroatoms. The molecule has 2 aliphatic heterocycles. The van der Waals surface area contributed by atoms with Crippen LogP contribution in [0, 0.1) is 18.7 Å². The maximum absolute atomic E-state index is 15.2. The Balaban J connectivity index is 1.56. The van der Waals surface area contributed by atoms with E-state index in [-0.39, 0.29) is 28.4 Å². The summed E-state index contributed by atoms with van der Waals surface area (Å²) in [5, 5.41) is 2.75. The molecule has 2 aromatic heterocycles. The highest BCUT2D eigenvalue weighted by Gasteiger charge is 2.36. The second-order valence-corrected chi connectivity index (χ2v) is 9.44. The van der Waals surface area contributed by atoms with Crippen LogP contribution in [0.2, 0.25) is 5.02 Å². The molecule has 1 unspecified atom stereocenters. The molecule has 4 heterocycles. The summed E-state index contributed by atoms with van der Waals surface area (Å²) in [6.07, 6.45) is 5.44. The van der Waals surface area contributed by atoms with E-state index in [1.54, 1.807) is 18.5 Å². The quantitative estimate of drug-likeness (QED) is 0.579. The number of hydrogen-bond donors (Lipinski definition) is 2. The Bertz CT molecular complexity index is 1260. The molecule has 5 rings (SSSR count). The van der Waals surface area contributed by atoms with Gasteiger partial charge in [-0.05, 0) is 45.1 Å².